The van der Waals surface area contributed by atoms with Crippen molar-refractivity contribution in [2.24, 2.45) is 4.99 Å². The number of thioether (sulfide) groups is 1. The fraction of sp³-hybridized carbons (Fsp3) is 0.241. The van der Waals surface area contributed by atoms with Gasteiger partial charge in [-0.05, 0) is 91.6 Å². The number of aromatic nitrogens is 1. The van der Waals surface area contributed by atoms with E-state index < -0.39 is 6.03 Å². The number of nitrogens with one attached hydrogen (secondary N) is 2. The molecule has 8 nitrogen and oxygen atoms in total. The van der Waals surface area contributed by atoms with Crippen molar-refractivity contribution in [1.29, 1.82) is 5.26 Å². The van der Waals surface area contributed by atoms with Gasteiger partial charge in [0.15, 0.2) is 0 Å². The van der Waals surface area contributed by atoms with E-state index in [0.717, 1.165) is 38.5 Å². The molecule has 0 spiro atoms. The number of aryl methyl sites for hydroxylation is 3. The van der Waals surface area contributed by atoms with Crippen LogP contribution < -0.4 is 10.6 Å². The zero-order chi connectivity index (χ0) is 28.5. The third kappa shape index (κ3) is 8.73. The zero-order valence-corrected chi connectivity index (χ0v) is 25.5. The number of aromatic hydroxyl groups is 1. The smallest absolute Gasteiger partial charge is 0.326 e. The predicted molar refractivity (Wildman–Crippen MR) is 166 cm³/mol. The molecule has 0 saturated heterocycles. The van der Waals surface area contributed by atoms with E-state index in [0.29, 0.717) is 23.5 Å². The molecule has 10 heteroatoms. The molecule has 1 heterocycles. The number of amides is 2. The van der Waals surface area contributed by atoms with Crippen molar-refractivity contribution < 1.29 is 9.90 Å². The molecule has 39 heavy (non-hydrogen) atoms. The molecule has 0 atom stereocenters. The van der Waals surface area contributed by atoms with E-state index in [9.17, 15) is 15.2 Å². The van der Waals surface area contributed by atoms with Gasteiger partial charge < -0.3 is 10.4 Å². The standard InChI is InChI=1S/C29H31IN6O2S/c1-6-7-21(5)39-27-13-25(26(37)11-20(27)4)34-28(35-29(38)33-24-10-18(2)15-32-16-24)36(30)17-23-12-22(14-31)9-8-19(23)3/h7-13,15-16,37H,6,17H2,1-5H3,(H2,33,34,35,38)/b21-7+. The molecule has 0 fully saturated rings. The summed E-state index contributed by atoms with van der Waals surface area (Å²) >= 11 is 3.68. The maximum atomic E-state index is 13.0. The Bertz CT molecular complexity index is 1460. The third-order valence-electron chi connectivity index (χ3n) is 5.64. The van der Waals surface area contributed by atoms with Crippen LogP contribution in [0.4, 0.5) is 16.2 Å². The van der Waals surface area contributed by atoms with Crippen LogP contribution in [0.2, 0.25) is 0 Å². The molecule has 202 valence electrons. The lowest BCUT2D eigenvalue weighted by molar-refractivity contribution is 0.255. The molecule has 2 amide bonds. The topological polar surface area (TPSA) is 114 Å². The number of guanidine groups is 1. The molecule has 0 saturated carbocycles. The fourth-order valence-electron chi connectivity index (χ4n) is 3.64. The summed E-state index contributed by atoms with van der Waals surface area (Å²) in [6, 6.07) is 12.4. The Morgan fingerprint density at radius 2 is 1.97 bits per heavy atom. The molecule has 0 unspecified atom stereocenters. The van der Waals surface area contributed by atoms with Gasteiger partial charge in [0, 0.05) is 11.1 Å². The number of rotatable bonds is 7. The number of aliphatic imine (C=N–C) groups is 1. The molecule has 0 aliphatic rings. The lowest BCUT2D eigenvalue weighted by Gasteiger charge is -2.21. The molecule has 2 aromatic carbocycles. The molecule has 0 radical (unpaired) electrons. The zero-order valence-electron chi connectivity index (χ0n) is 22.5. The number of carbonyl (C=O) groups excluding carboxylic acids is 1. The molecule has 3 rings (SSSR count). The number of carbonyl (C=O) groups is 1. The van der Waals surface area contributed by atoms with Crippen molar-refractivity contribution in [2.75, 3.05) is 5.32 Å². The highest BCUT2D eigenvalue weighted by molar-refractivity contribution is 14.1. The van der Waals surface area contributed by atoms with Crippen molar-refractivity contribution in [3.8, 4) is 11.8 Å². The van der Waals surface area contributed by atoms with Gasteiger partial charge in [-0.25, -0.2) is 9.79 Å². The highest BCUT2D eigenvalue weighted by Gasteiger charge is 2.17. The SMILES string of the molecule is CC/C=C(\C)Sc1cc(N=C(NC(=O)Nc2cncc(C)c2)N(I)Cc2cc(C#N)ccc2C)c(O)cc1C. The van der Waals surface area contributed by atoms with Crippen LogP contribution in [0.1, 0.15) is 48.1 Å². The summed E-state index contributed by atoms with van der Waals surface area (Å²) in [7, 11) is 0. The Hall–Kier alpha value is -3.56. The van der Waals surface area contributed by atoms with Crippen LogP contribution in [-0.4, -0.2) is 25.2 Å². The van der Waals surface area contributed by atoms with Crippen LogP contribution >= 0.6 is 34.6 Å². The van der Waals surface area contributed by atoms with E-state index in [-0.39, 0.29) is 11.7 Å². The Labute approximate surface area is 247 Å². The second-order valence-corrected chi connectivity index (χ2v) is 11.4. The van der Waals surface area contributed by atoms with Crippen molar-refractivity contribution in [1.82, 2.24) is 13.4 Å². The van der Waals surface area contributed by atoms with Crippen LogP contribution in [-0.2, 0) is 6.54 Å². The van der Waals surface area contributed by atoms with E-state index >= 15 is 0 Å². The third-order valence-corrected chi connectivity index (χ3v) is 7.58. The first-order valence-electron chi connectivity index (χ1n) is 12.3. The number of benzene rings is 2. The predicted octanol–water partition coefficient (Wildman–Crippen LogP) is 7.65. The van der Waals surface area contributed by atoms with Gasteiger partial charge in [0.25, 0.3) is 0 Å². The highest BCUT2D eigenvalue weighted by atomic mass is 127. The first-order chi connectivity index (χ1) is 18.6. The van der Waals surface area contributed by atoms with Crippen LogP contribution in [0.3, 0.4) is 0 Å². The van der Waals surface area contributed by atoms with Gasteiger partial charge in [0.1, 0.15) is 11.4 Å². The number of phenols is 1. The van der Waals surface area contributed by atoms with Gasteiger partial charge in [0.2, 0.25) is 5.96 Å². The summed E-state index contributed by atoms with van der Waals surface area (Å²) in [5.74, 6) is 0.218. The number of hydrogen-bond acceptors (Lipinski definition) is 6. The number of nitrogens with zero attached hydrogens (tertiary/aromatic N) is 4. The van der Waals surface area contributed by atoms with Crippen LogP contribution in [0.15, 0.2) is 69.7 Å². The Morgan fingerprint density at radius 1 is 1.21 bits per heavy atom. The Morgan fingerprint density at radius 3 is 2.67 bits per heavy atom. The van der Waals surface area contributed by atoms with Crippen LogP contribution in [0, 0.1) is 32.1 Å². The van der Waals surface area contributed by atoms with Crippen molar-refractivity contribution in [2.45, 2.75) is 52.5 Å². The average molecular weight is 655 g/mol. The van der Waals surface area contributed by atoms with Gasteiger partial charge in [-0.15, -0.1) is 0 Å². The first kappa shape index (κ1) is 30.0. The number of anilines is 1. The number of phenolic OH excluding ortho intramolecular Hbond substituents is 1. The van der Waals surface area contributed by atoms with E-state index in [4.69, 9.17) is 0 Å². The largest absolute Gasteiger partial charge is 0.506 e. The molecule has 0 aliphatic heterocycles. The minimum atomic E-state index is -0.506. The van der Waals surface area contributed by atoms with Crippen molar-refractivity contribution in [3.63, 3.8) is 0 Å². The molecule has 0 bridgehead atoms. The number of urea groups is 1. The number of nitriles is 1. The second kappa shape index (κ2) is 14.0. The fourth-order valence-corrected chi connectivity index (χ4v) is 5.23. The van der Waals surface area contributed by atoms with Crippen LogP contribution in [0.25, 0.3) is 0 Å². The van der Waals surface area contributed by atoms with Crippen LogP contribution in [0.5, 0.6) is 5.75 Å². The second-order valence-electron chi connectivity index (χ2n) is 8.97. The molecule has 1 aromatic heterocycles. The summed E-state index contributed by atoms with van der Waals surface area (Å²) < 4.78 is 1.74. The van der Waals surface area contributed by atoms with Gasteiger partial charge >= 0.3 is 6.03 Å². The van der Waals surface area contributed by atoms with Gasteiger partial charge in [-0.3, -0.25) is 13.4 Å². The normalized spacial score (nSPS) is 11.6. The summed E-state index contributed by atoms with van der Waals surface area (Å²) in [4.78, 5) is 23.9. The minimum absolute atomic E-state index is 0.00373. The lowest BCUT2D eigenvalue weighted by atomic mass is 10.1. The lowest BCUT2D eigenvalue weighted by Crippen LogP contribution is -2.41. The number of halogens is 1. The first-order valence-corrected chi connectivity index (χ1v) is 14.1. The minimum Gasteiger partial charge on any atom is -0.506 e. The van der Waals surface area contributed by atoms with E-state index in [1.807, 2.05) is 52.0 Å². The summed E-state index contributed by atoms with van der Waals surface area (Å²) in [5, 5.41) is 25.7. The van der Waals surface area contributed by atoms with Gasteiger partial charge in [-0.1, -0.05) is 30.8 Å². The maximum Gasteiger partial charge on any atom is 0.326 e. The molecular formula is C29H31IN6O2S. The molecular weight excluding hydrogens is 623 g/mol. The van der Waals surface area contributed by atoms with Crippen molar-refractivity contribution in [3.05, 3.63) is 87.6 Å². The van der Waals surface area contributed by atoms with E-state index in [1.54, 1.807) is 39.4 Å². The monoisotopic (exact) mass is 654 g/mol. The number of allylic oxidation sites excluding steroid dienone is 2. The van der Waals surface area contributed by atoms with E-state index in [1.165, 1.54) is 0 Å². The Balaban J connectivity index is 1.99. The van der Waals surface area contributed by atoms with Gasteiger partial charge in [0.05, 0.1) is 52.9 Å². The maximum absolute atomic E-state index is 13.0. The quantitative estimate of drug-likeness (QED) is 0.0793. The van der Waals surface area contributed by atoms with Crippen molar-refractivity contribution >= 4 is 58.0 Å². The summed E-state index contributed by atoms with van der Waals surface area (Å²) in [6.45, 7) is 10.3. The average Bonchev–Trinajstić information content (AvgIpc) is 2.87. The number of pyridine rings is 1. The van der Waals surface area contributed by atoms with Gasteiger partial charge in [-0.2, -0.15) is 5.26 Å². The highest BCUT2D eigenvalue weighted by Crippen LogP contribution is 2.37. The molecule has 3 aromatic rings. The molecule has 0 aliphatic carbocycles. The van der Waals surface area contributed by atoms with E-state index in [2.05, 4.69) is 62.5 Å². The summed E-state index contributed by atoms with van der Waals surface area (Å²) in [5.41, 5.74) is 5.15. The number of hydrogen-bond donors (Lipinski definition) is 3. The summed E-state index contributed by atoms with van der Waals surface area (Å²) in [6.07, 6.45) is 6.33. The Kier molecular flexibility index (Phi) is 10.8. The molecule has 3 N–H and O–H groups in total.